The molecule has 1 aliphatic carbocycles. The summed E-state index contributed by atoms with van der Waals surface area (Å²) in [5.41, 5.74) is 6.95. The largest absolute Gasteiger partial charge is 0.370 e. The molecule has 0 spiro atoms. The van der Waals surface area contributed by atoms with Crippen LogP contribution in [0.5, 0.6) is 0 Å². The van der Waals surface area contributed by atoms with E-state index in [0.29, 0.717) is 32.2 Å². The Hall–Kier alpha value is -0.620. The van der Waals surface area contributed by atoms with E-state index in [9.17, 15) is 4.79 Å². The van der Waals surface area contributed by atoms with Crippen LogP contribution in [0.15, 0.2) is 28.7 Å². The first kappa shape index (κ1) is 18.7. The SMILES string of the molecule is Cl.NC[C@H]1CCC[C@H]1C(=O)N1CCOC(c2cccc(Br)c2)C1. The predicted molar refractivity (Wildman–Crippen MR) is 96.5 cm³/mol. The Balaban J connectivity index is 0.00000192. The molecule has 1 aliphatic heterocycles. The number of carbonyl (C=O) groups is 1. The Morgan fingerprint density at radius 1 is 1.39 bits per heavy atom. The standard InChI is InChI=1S/C17H23BrN2O2.ClH/c18-14-5-1-3-12(9-14)16-11-20(7-8-22-16)17(21)15-6-2-4-13(15)10-19;/h1,3,5,9,13,15-16H,2,4,6-8,10-11,19H2;1H/t13-,15-,16?;/m1./s1. The maximum atomic E-state index is 12.8. The Labute approximate surface area is 152 Å². The van der Waals surface area contributed by atoms with Crippen molar-refractivity contribution in [2.24, 2.45) is 17.6 Å². The number of hydrogen-bond donors (Lipinski definition) is 1. The van der Waals surface area contributed by atoms with Crippen molar-refractivity contribution < 1.29 is 9.53 Å². The van der Waals surface area contributed by atoms with Gasteiger partial charge in [0.1, 0.15) is 6.10 Å². The van der Waals surface area contributed by atoms with Gasteiger partial charge in [-0.25, -0.2) is 0 Å². The first-order chi connectivity index (χ1) is 10.7. The van der Waals surface area contributed by atoms with E-state index < -0.39 is 0 Å². The van der Waals surface area contributed by atoms with Gasteiger partial charge in [0.2, 0.25) is 5.91 Å². The molecule has 2 aliphatic rings. The average molecular weight is 404 g/mol. The summed E-state index contributed by atoms with van der Waals surface area (Å²) in [5, 5.41) is 0. The molecule has 128 valence electrons. The van der Waals surface area contributed by atoms with Gasteiger partial charge in [-0.15, -0.1) is 12.4 Å². The molecule has 1 saturated heterocycles. The maximum Gasteiger partial charge on any atom is 0.226 e. The number of nitrogens with zero attached hydrogens (tertiary/aromatic N) is 1. The summed E-state index contributed by atoms with van der Waals surface area (Å²) in [7, 11) is 0. The Kier molecular flexibility index (Phi) is 6.89. The molecule has 6 heteroatoms. The third-order valence-corrected chi connectivity index (χ3v) is 5.37. The number of rotatable bonds is 3. The fourth-order valence-electron chi connectivity index (χ4n) is 3.64. The van der Waals surface area contributed by atoms with Crippen molar-refractivity contribution in [1.82, 2.24) is 4.90 Å². The summed E-state index contributed by atoms with van der Waals surface area (Å²) in [4.78, 5) is 14.8. The van der Waals surface area contributed by atoms with Gasteiger partial charge in [-0.3, -0.25) is 4.79 Å². The zero-order valence-electron chi connectivity index (χ0n) is 13.1. The van der Waals surface area contributed by atoms with E-state index in [4.69, 9.17) is 10.5 Å². The summed E-state index contributed by atoms with van der Waals surface area (Å²) in [5.74, 6) is 0.752. The van der Waals surface area contributed by atoms with E-state index in [1.165, 1.54) is 0 Å². The Bertz CT molecular complexity index is 543. The van der Waals surface area contributed by atoms with Gasteiger partial charge < -0.3 is 15.4 Å². The molecule has 23 heavy (non-hydrogen) atoms. The summed E-state index contributed by atoms with van der Waals surface area (Å²) < 4.78 is 6.91. The fourth-order valence-corrected chi connectivity index (χ4v) is 4.05. The van der Waals surface area contributed by atoms with E-state index in [1.54, 1.807) is 0 Å². The molecule has 2 fully saturated rings. The fraction of sp³-hybridized carbons (Fsp3) is 0.588. The number of halogens is 2. The molecule has 0 bridgehead atoms. The first-order valence-corrected chi connectivity index (χ1v) is 8.84. The highest BCUT2D eigenvalue weighted by molar-refractivity contribution is 9.10. The maximum absolute atomic E-state index is 12.8. The normalized spacial score (nSPS) is 27.6. The third-order valence-electron chi connectivity index (χ3n) is 4.88. The second-order valence-corrected chi connectivity index (χ2v) is 7.15. The van der Waals surface area contributed by atoms with Crippen molar-refractivity contribution in [3.05, 3.63) is 34.3 Å². The van der Waals surface area contributed by atoms with Crippen LogP contribution in [0.2, 0.25) is 0 Å². The number of amides is 1. The smallest absolute Gasteiger partial charge is 0.226 e. The molecule has 4 nitrogen and oxygen atoms in total. The van der Waals surface area contributed by atoms with Crippen molar-refractivity contribution >= 4 is 34.2 Å². The highest BCUT2D eigenvalue weighted by atomic mass is 79.9. The van der Waals surface area contributed by atoms with Crippen molar-refractivity contribution in [2.75, 3.05) is 26.2 Å². The highest BCUT2D eigenvalue weighted by Gasteiger charge is 2.36. The number of benzene rings is 1. The summed E-state index contributed by atoms with van der Waals surface area (Å²) in [6.07, 6.45) is 3.16. The number of morpholine rings is 1. The Morgan fingerprint density at radius 2 is 2.22 bits per heavy atom. The monoisotopic (exact) mass is 402 g/mol. The van der Waals surface area contributed by atoms with Gasteiger partial charge in [-0.05, 0) is 43.0 Å². The quantitative estimate of drug-likeness (QED) is 0.843. The van der Waals surface area contributed by atoms with E-state index in [2.05, 4.69) is 28.1 Å². The molecule has 1 heterocycles. The van der Waals surface area contributed by atoms with Crippen molar-refractivity contribution in [3.8, 4) is 0 Å². The van der Waals surface area contributed by atoms with Gasteiger partial charge in [0.25, 0.3) is 0 Å². The van der Waals surface area contributed by atoms with Crippen molar-refractivity contribution in [1.29, 1.82) is 0 Å². The van der Waals surface area contributed by atoms with Crippen LogP contribution < -0.4 is 5.73 Å². The number of carbonyl (C=O) groups excluding carboxylic acids is 1. The lowest BCUT2D eigenvalue weighted by molar-refractivity contribution is -0.144. The molecule has 1 aromatic rings. The zero-order chi connectivity index (χ0) is 15.5. The van der Waals surface area contributed by atoms with E-state index in [0.717, 1.165) is 29.3 Å². The lowest BCUT2D eigenvalue weighted by Crippen LogP contribution is -2.46. The molecule has 3 atom stereocenters. The molecule has 1 aromatic carbocycles. The van der Waals surface area contributed by atoms with Crippen LogP contribution in [0.3, 0.4) is 0 Å². The van der Waals surface area contributed by atoms with Crippen LogP contribution in [0.25, 0.3) is 0 Å². The molecule has 0 radical (unpaired) electrons. The molecule has 0 aromatic heterocycles. The van der Waals surface area contributed by atoms with E-state index in [-0.39, 0.29) is 30.3 Å². The molecule has 3 rings (SSSR count). The van der Waals surface area contributed by atoms with Crippen molar-refractivity contribution in [2.45, 2.75) is 25.4 Å². The van der Waals surface area contributed by atoms with Crippen LogP contribution in [0.4, 0.5) is 0 Å². The van der Waals surface area contributed by atoms with Crippen LogP contribution in [0, 0.1) is 11.8 Å². The molecule has 2 N–H and O–H groups in total. The van der Waals surface area contributed by atoms with Gasteiger partial charge in [-0.2, -0.15) is 0 Å². The lowest BCUT2D eigenvalue weighted by atomic mass is 9.94. The number of ether oxygens (including phenoxy) is 1. The zero-order valence-corrected chi connectivity index (χ0v) is 15.5. The first-order valence-electron chi connectivity index (χ1n) is 8.05. The van der Waals surface area contributed by atoms with Crippen LogP contribution >= 0.6 is 28.3 Å². The minimum absolute atomic E-state index is 0. The average Bonchev–Trinajstić information content (AvgIpc) is 3.03. The van der Waals surface area contributed by atoms with Gasteiger partial charge in [0.05, 0.1) is 13.2 Å². The highest BCUT2D eigenvalue weighted by Crippen LogP contribution is 2.34. The second-order valence-electron chi connectivity index (χ2n) is 6.23. The van der Waals surface area contributed by atoms with Gasteiger partial charge >= 0.3 is 0 Å². The molecule has 1 amide bonds. The van der Waals surface area contributed by atoms with Crippen LogP contribution in [0.1, 0.15) is 30.9 Å². The lowest BCUT2D eigenvalue weighted by Gasteiger charge is -2.35. The summed E-state index contributed by atoms with van der Waals surface area (Å²) >= 11 is 3.49. The summed E-state index contributed by atoms with van der Waals surface area (Å²) in [6, 6.07) is 8.13. The van der Waals surface area contributed by atoms with E-state index in [1.807, 2.05) is 17.0 Å². The van der Waals surface area contributed by atoms with Gasteiger partial charge in [0, 0.05) is 16.9 Å². The number of hydrogen-bond acceptors (Lipinski definition) is 3. The molecule has 1 saturated carbocycles. The van der Waals surface area contributed by atoms with E-state index >= 15 is 0 Å². The minimum atomic E-state index is -0.0343. The summed E-state index contributed by atoms with van der Waals surface area (Å²) in [6.45, 7) is 2.55. The second kappa shape index (κ2) is 8.47. The molecule has 1 unspecified atom stereocenters. The van der Waals surface area contributed by atoms with Crippen LogP contribution in [-0.4, -0.2) is 37.0 Å². The topological polar surface area (TPSA) is 55.6 Å². The van der Waals surface area contributed by atoms with Crippen LogP contribution in [-0.2, 0) is 9.53 Å². The van der Waals surface area contributed by atoms with Crippen molar-refractivity contribution in [3.63, 3.8) is 0 Å². The van der Waals surface area contributed by atoms with Gasteiger partial charge in [0.15, 0.2) is 0 Å². The Morgan fingerprint density at radius 3 is 2.96 bits per heavy atom. The predicted octanol–water partition coefficient (Wildman–Crippen LogP) is 3.15. The molecular weight excluding hydrogens is 380 g/mol. The third kappa shape index (κ3) is 4.27. The number of nitrogens with two attached hydrogens (primary N) is 1. The molecular formula is C17H24BrClN2O2. The minimum Gasteiger partial charge on any atom is -0.370 e. The van der Waals surface area contributed by atoms with Gasteiger partial charge in [-0.1, -0.05) is 34.5 Å².